The van der Waals surface area contributed by atoms with Crippen molar-refractivity contribution in [2.45, 2.75) is 6.92 Å². The van der Waals surface area contributed by atoms with Crippen LogP contribution in [0.15, 0.2) is 18.2 Å². The fourth-order valence-corrected chi connectivity index (χ4v) is 1.17. The summed E-state index contributed by atoms with van der Waals surface area (Å²) < 4.78 is 0. The van der Waals surface area contributed by atoms with E-state index < -0.39 is 0 Å². The summed E-state index contributed by atoms with van der Waals surface area (Å²) in [6, 6.07) is 5.55. The Hall–Kier alpha value is -1.20. The van der Waals surface area contributed by atoms with E-state index in [1.54, 1.807) is 6.07 Å². The molecule has 0 aromatic heterocycles. The lowest BCUT2D eigenvalue weighted by atomic mass is 10.1. The van der Waals surface area contributed by atoms with E-state index in [9.17, 15) is 4.79 Å². The molecule has 66 valence electrons. The summed E-state index contributed by atoms with van der Waals surface area (Å²) in [5, 5.41) is 0. The van der Waals surface area contributed by atoms with E-state index in [-0.39, 0.29) is 0 Å². The van der Waals surface area contributed by atoms with Crippen molar-refractivity contribution in [2.75, 3.05) is 5.75 Å². The average molecular weight is 190 g/mol. The maximum Gasteiger partial charge on any atom is 0.150 e. The van der Waals surface area contributed by atoms with Gasteiger partial charge >= 0.3 is 0 Å². The first kappa shape index (κ1) is 9.88. The molecule has 0 heterocycles. The molecule has 1 nitrogen and oxygen atoms in total. The highest BCUT2D eigenvalue weighted by molar-refractivity contribution is 7.80. The second-order valence-corrected chi connectivity index (χ2v) is 3.03. The smallest absolute Gasteiger partial charge is 0.150 e. The van der Waals surface area contributed by atoms with Gasteiger partial charge in [-0.25, -0.2) is 0 Å². The molecule has 0 amide bonds. The number of aryl methyl sites for hydroxylation is 1. The van der Waals surface area contributed by atoms with Gasteiger partial charge in [-0.2, -0.15) is 12.6 Å². The normalized spacial score (nSPS) is 8.77. The molecule has 2 heteroatoms. The highest BCUT2D eigenvalue weighted by atomic mass is 32.1. The molecule has 13 heavy (non-hydrogen) atoms. The molecule has 1 rings (SSSR count). The number of hydrogen-bond acceptors (Lipinski definition) is 2. The molecule has 0 aliphatic carbocycles. The molecular formula is C11H10OS. The highest BCUT2D eigenvalue weighted by Gasteiger charge is 1.94. The molecule has 0 unspecified atom stereocenters. The summed E-state index contributed by atoms with van der Waals surface area (Å²) >= 11 is 3.98. The minimum absolute atomic E-state index is 0.532. The number of carbonyl (C=O) groups excluding carboxylic acids is 1. The van der Waals surface area contributed by atoms with Gasteiger partial charge in [-0.3, -0.25) is 4.79 Å². The fraction of sp³-hybridized carbons (Fsp3) is 0.182. The van der Waals surface area contributed by atoms with E-state index in [2.05, 4.69) is 24.5 Å². The number of aldehydes is 1. The third-order valence-electron chi connectivity index (χ3n) is 1.55. The van der Waals surface area contributed by atoms with E-state index in [1.165, 1.54) is 0 Å². The second-order valence-electron chi connectivity index (χ2n) is 2.71. The van der Waals surface area contributed by atoms with E-state index in [0.29, 0.717) is 11.3 Å². The highest BCUT2D eigenvalue weighted by Crippen LogP contribution is 2.06. The van der Waals surface area contributed by atoms with Gasteiger partial charge in [0, 0.05) is 11.1 Å². The predicted octanol–water partition coefficient (Wildman–Crippen LogP) is 2.09. The van der Waals surface area contributed by atoms with Gasteiger partial charge in [0.05, 0.1) is 5.75 Å². The molecular weight excluding hydrogens is 180 g/mol. The van der Waals surface area contributed by atoms with Gasteiger partial charge in [-0.05, 0) is 30.7 Å². The molecule has 0 fully saturated rings. The minimum atomic E-state index is 0.532. The van der Waals surface area contributed by atoms with Gasteiger partial charge in [-0.1, -0.05) is 11.8 Å². The van der Waals surface area contributed by atoms with Crippen LogP contribution in [0.1, 0.15) is 21.5 Å². The number of thiol groups is 1. The van der Waals surface area contributed by atoms with Gasteiger partial charge in [0.1, 0.15) is 6.29 Å². The van der Waals surface area contributed by atoms with Gasteiger partial charge < -0.3 is 0 Å². The van der Waals surface area contributed by atoms with E-state index in [1.807, 2.05) is 19.1 Å². The largest absolute Gasteiger partial charge is 0.298 e. The lowest BCUT2D eigenvalue weighted by Crippen LogP contribution is -1.85. The third kappa shape index (κ3) is 2.96. The van der Waals surface area contributed by atoms with Crippen LogP contribution < -0.4 is 0 Å². The van der Waals surface area contributed by atoms with Crippen molar-refractivity contribution in [3.63, 3.8) is 0 Å². The Morgan fingerprint density at radius 3 is 2.85 bits per heavy atom. The Balaban J connectivity index is 3.08. The van der Waals surface area contributed by atoms with Gasteiger partial charge in [0.25, 0.3) is 0 Å². The molecule has 0 saturated carbocycles. The number of hydrogen-bond donors (Lipinski definition) is 1. The fourth-order valence-electron chi connectivity index (χ4n) is 1.09. The van der Waals surface area contributed by atoms with E-state index in [4.69, 9.17) is 0 Å². The maximum atomic E-state index is 10.5. The van der Waals surface area contributed by atoms with Crippen LogP contribution >= 0.6 is 12.6 Å². The topological polar surface area (TPSA) is 17.1 Å². The summed E-state index contributed by atoms with van der Waals surface area (Å²) in [5.41, 5.74) is 2.59. The van der Waals surface area contributed by atoms with Crippen LogP contribution in [0.25, 0.3) is 0 Å². The molecule has 0 atom stereocenters. The second kappa shape index (κ2) is 4.74. The lowest BCUT2D eigenvalue weighted by Gasteiger charge is -1.96. The summed E-state index contributed by atoms with van der Waals surface area (Å²) in [5.74, 6) is 6.30. The first-order valence-corrected chi connectivity index (χ1v) is 4.56. The van der Waals surface area contributed by atoms with Crippen LogP contribution in [0.2, 0.25) is 0 Å². The van der Waals surface area contributed by atoms with Crippen LogP contribution in [0.4, 0.5) is 0 Å². The van der Waals surface area contributed by atoms with Crippen LogP contribution in [-0.2, 0) is 0 Å². The van der Waals surface area contributed by atoms with E-state index >= 15 is 0 Å². The standard InChI is InChI=1S/C11H10OS/c1-9-5-10(3-2-4-13)7-11(6-9)8-12/h5-8,13H,4H2,1H3. The molecule has 0 radical (unpaired) electrons. The molecule has 0 spiro atoms. The van der Waals surface area contributed by atoms with Crippen LogP contribution in [0, 0.1) is 18.8 Å². The SMILES string of the molecule is Cc1cc(C#CCS)cc(C=O)c1. The number of carbonyl (C=O) groups is 1. The first-order valence-electron chi connectivity index (χ1n) is 3.93. The van der Waals surface area contributed by atoms with Gasteiger partial charge in [-0.15, -0.1) is 0 Å². The van der Waals surface area contributed by atoms with Gasteiger partial charge in [0.2, 0.25) is 0 Å². The lowest BCUT2D eigenvalue weighted by molar-refractivity contribution is 0.112. The zero-order valence-electron chi connectivity index (χ0n) is 7.37. The summed E-state index contributed by atoms with van der Waals surface area (Å²) in [7, 11) is 0. The Labute approximate surface area is 83.6 Å². The van der Waals surface area contributed by atoms with Crippen molar-refractivity contribution in [1.29, 1.82) is 0 Å². The van der Waals surface area contributed by atoms with Crippen molar-refractivity contribution in [3.8, 4) is 11.8 Å². The summed E-state index contributed by atoms with van der Waals surface area (Å²) in [6.07, 6.45) is 0.832. The van der Waals surface area contributed by atoms with E-state index in [0.717, 1.165) is 17.4 Å². The van der Waals surface area contributed by atoms with Crippen LogP contribution in [0.5, 0.6) is 0 Å². The minimum Gasteiger partial charge on any atom is -0.298 e. The number of benzene rings is 1. The Morgan fingerprint density at radius 1 is 1.46 bits per heavy atom. The average Bonchev–Trinajstić information content (AvgIpc) is 2.14. The molecule has 0 N–H and O–H groups in total. The zero-order valence-corrected chi connectivity index (χ0v) is 8.27. The maximum absolute atomic E-state index is 10.5. The molecule has 0 aliphatic heterocycles. The molecule has 0 bridgehead atoms. The summed E-state index contributed by atoms with van der Waals surface area (Å²) in [4.78, 5) is 10.5. The third-order valence-corrected chi connectivity index (χ3v) is 1.71. The molecule has 1 aromatic rings. The molecule has 0 saturated heterocycles. The zero-order chi connectivity index (χ0) is 9.68. The van der Waals surface area contributed by atoms with Crippen molar-refractivity contribution in [3.05, 3.63) is 34.9 Å². The predicted molar refractivity (Wildman–Crippen MR) is 57.3 cm³/mol. The van der Waals surface area contributed by atoms with Crippen molar-refractivity contribution in [1.82, 2.24) is 0 Å². The molecule has 1 aromatic carbocycles. The quantitative estimate of drug-likeness (QED) is 0.407. The molecule has 0 aliphatic rings. The first-order chi connectivity index (χ1) is 6.26. The number of rotatable bonds is 1. The van der Waals surface area contributed by atoms with Gasteiger partial charge in [0.15, 0.2) is 0 Å². The van der Waals surface area contributed by atoms with Crippen molar-refractivity contribution < 1.29 is 4.79 Å². The monoisotopic (exact) mass is 190 g/mol. The summed E-state index contributed by atoms with van der Waals surface area (Å²) in [6.45, 7) is 1.94. The Morgan fingerprint density at radius 2 is 2.23 bits per heavy atom. The van der Waals surface area contributed by atoms with Crippen LogP contribution in [-0.4, -0.2) is 12.0 Å². The van der Waals surface area contributed by atoms with Crippen molar-refractivity contribution in [2.24, 2.45) is 0 Å². The van der Waals surface area contributed by atoms with Crippen molar-refractivity contribution >= 4 is 18.9 Å². The Bertz CT molecular complexity index is 371. The Kier molecular flexibility index (Phi) is 3.60. The van der Waals surface area contributed by atoms with Crippen LogP contribution in [0.3, 0.4) is 0 Å².